The number of carbonyl (C=O) groups is 1. The molecule has 1 aliphatic heterocycles. The van der Waals surface area contributed by atoms with Crippen molar-refractivity contribution in [3.05, 3.63) is 58.5 Å². The second-order valence-electron chi connectivity index (χ2n) is 8.67. The summed E-state index contributed by atoms with van der Waals surface area (Å²) in [7, 11) is -3.31. The van der Waals surface area contributed by atoms with Gasteiger partial charge in [0.25, 0.3) is 0 Å². The summed E-state index contributed by atoms with van der Waals surface area (Å²) in [5.41, 5.74) is 0.367. The average molecular weight is 540 g/mol. The molecule has 13 heteroatoms. The third-order valence-corrected chi connectivity index (χ3v) is 8.51. The molecule has 0 saturated carbocycles. The van der Waals surface area contributed by atoms with Gasteiger partial charge < -0.3 is 10.2 Å². The second kappa shape index (κ2) is 9.77. The number of nitrogens with one attached hydrogen (secondary N) is 1. The molecule has 0 saturated heterocycles. The summed E-state index contributed by atoms with van der Waals surface area (Å²) < 4.78 is 62.4. The Morgan fingerprint density at radius 1 is 1.19 bits per heavy atom. The van der Waals surface area contributed by atoms with Crippen molar-refractivity contribution in [2.24, 2.45) is 5.92 Å². The molecule has 2 aromatic heterocycles. The summed E-state index contributed by atoms with van der Waals surface area (Å²) in [6.45, 7) is 5.91. The molecule has 0 radical (unpaired) electrons. The van der Waals surface area contributed by atoms with Crippen LogP contribution in [0.15, 0.2) is 41.6 Å². The first kappa shape index (κ1) is 26.0. The number of hydrogen-bond donors (Lipinski definition) is 1. The summed E-state index contributed by atoms with van der Waals surface area (Å²) in [6, 6.07) is 5.97. The fraction of sp³-hybridized carbons (Fsp3) is 0.391. The van der Waals surface area contributed by atoms with Crippen molar-refractivity contribution in [1.82, 2.24) is 15.0 Å². The van der Waals surface area contributed by atoms with E-state index in [1.54, 1.807) is 19.1 Å². The number of rotatable bonds is 7. The predicted octanol–water partition coefficient (Wildman–Crippen LogP) is 4.64. The Labute approximate surface area is 210 Å². The standard InChI is InChI=1S/C23H24F3N5O3S2/c1-4-36(33,34)15-7-5-14(6-8-15)9-19(32)29-22-30-20-16(35-22)12-31(21(20)13(2)3)18-11-27-17(10-28-18)23(24,25)26/h5-8,10-11,13,21H,4,9,12H2,1-3H3,(H,29,30,32)/t21-/m0/s1. The molecule has 0 aliphatic carbocycles. The van der Waals surface area contributed by atoms with Gasteiger partial charge in [-0.05, 0) is 23.6 Å². The van der Waals surface area contributed by atoms with Gasteiger partial charge in [-0.3, -0.25) is 4.79 Å². The number of carbonyl (C=O) groups excluding carboxylic acids is 1. The SMILES string of the molecule is CCS(=O)(=O)c1ccc(CC(=O)Nc2nc3c(s2)CN(c2cnc(C(F)(F)F)cn2)[C@H]3C(C)C)cc1. The van der Waals surface area contributed by atoms with E-state index < -0.39 is 21.7 Å². The number of halogens is 3. The van der Waals surface area contributed by atoms with Crippen LogP contribution >= 0.6 is 11.3 Å². The van der Waals surface area contributed by atoms with Gasteiger partial charge in [-0.1, -0.05) is 44.2 Å². The van der Waals surface area contributed by atoms with Crippen LogP contribution in [0, 0.1) is 5.92 Å². The smallest absolute Gasteiger partial charge is 0.341 e. The molecule has 1 aliphatic rings. The van der Waals surface area contributed by atoms with Crippen LogP contribution in [0.5, 0.6) is 0 Å². The molecule has 1 atom stereocenters. The van der Waals surface area contributed by atoms with Gasteiger partial charge in [-0.25, -0.2) is 23.4 Å². The van der Waals surface area contributed by atoms with Crippen LogP contribution in [0.4, 0.5) is 24.1 Å². The van der Waals surface area contributed by atoms with Gasteiger partial charge in [-0.15, -0.1) is 0 Å². The zero-order chi connectivity index (χ0) is 26.3. The van der Waals surface area contributed by atoms with E-state index in [1.165, 1.54) is 23.5 Å². The number of nitrogens with zero attached hydrogens (tertiary/aromatic N) is 4. The van der Waals surface area contributed by atoms with Crippen molar-refractivity contribution in [2.45, 2.75) is 50.9 Å². The van der Waals surface area contributed by atoms with Gasteiger partial charge in [0.2, 0.25) is 5.91 Å². The monoisotopic (exact) mass is 539 g/mol. The van der Waals surface area contributed by atoms with E-state index in [2.05, 4.69) is 20.3 Å². The number of amides is 1. The maximum atomic E-state index is 12.9. The summed E-state index contributed by atoms with van der Waals surface area (Å²) in [6.07, 6.45) is -2.66. The van der Waals surface area contributed by atoms with Gasteiger partial charge in [0, 0.05) is 0 Å². The highest BCUT2D eigenvalue weighted by molar-refractivity contribution is 7.91. The molecule has 192 valence electrons. The van der Waals surface area contributed by atoms with Crippen molar-refractivity contribution in [2.75, 3.05) is 16.0 Å². The minimum absolute atomic E-state index is 0.00177. The topological polar surface area (TPSA) is 105 Å². The molecular weight excluding hydrogens is 515 g/mol. The Morgan fingerprint density at radius 3 is 2.44 bits per heavy atom. The van der Waals surface area contributed by atoms with Crippen LogP contribution in [0.1, 0.15) is 48.6 Å². The largest absolute Gasteiger partial charge is 0.434 e. The lowest BCUT2D eigenvalue weighted by atomic mass is 10.0. The van der Waals surface area contributed by atoms with Gasteiger partial charge in [0.1, 0.15) is 5.82 Å². The Hall–Kier alpha value is -3.06. The molecule has 3 aromatic rings. The summed E-state index contributed by atoms with van der Waals surface area (Å²) in [5.74, 6) is 0.104. The highest BCUT2D eigenvalue weighted by Gasteiger charge is 2.38. The normalized spacial score (nSPS) is 15.9. The molecule has 0 fully saturated rings. The number of anilines is 2. The van der Waals surface area contributed by atoms with Crippen LogP contribution in [0.3, 0.4) is 0 Å². The molecule has 1 N–H and O–H groups in total. The van der Waals surface area contributed by atoms with Crippen LogP contribution in [0.25, 0.3) is 0 Å². The Kier molecular flexibility index (Phi) is 7.06. The Balaban J connectivity index is 1.45. The lowest BCUT2D eigenvalue weighted by Gasteiger charge is -2.28. The summed E-state index contributed by atoms with van der Waals surface area (Å²) in [5, 5.41) is 3.22. The first-order chi connectivity index (χ1) is 16.9. The Morgan fingerprint density at radius 2 is 1.89 bits per heavy atom. The first-order valence-electron chi connectivity index (χ1n) is 11.2. The van der Waals surface area contributed by atoms with Crippen LogP contribution in [0.2, 0.25) is 0 Å². The van der Waals surface area contributed by atoms with Gasteiger partial charge in [0.15, 0.2) is 20.7 Å². The second-order valence-corrected chi connectivity index (χ2v) is 12.0. The molecule has 1 amide bonds. The molecule has 1 aromatic carbocycles. The quantitative estimate of drug-likeness (QED) is 0.466. The fourth-order valence-corrected chi connectivity index (χ4v) is 5.91. The van der Waals surface area contributed by atoms with Gasteiger partial charge >= 0.3 is 6.18 Å². The number of fused-ring (bicyclic) bond motifs is 1. The third-order valence-electron chi connectivity index (χ3n) is 5.79. The van der Waals surface area contributed by atoms with Crippen molar-refractivity contribution in [1.29, 1.82) is 0 Å². The molecule has 0 spiro atoms. The van der Waals surface area contributed by atoms with Crippen LogP contribution in [-0.2, 0) is 33.8 Å². The van der Waals surface area contributed by atoms with Crippen molar-refractivity contribution < 1.29 is 26.4 Å². The van der Waals surface area contributed by atoms with Crippen molar-refractivity contribution in [3.8, 4) is 0 Å². The molecule has 0 bridgehead atoms. The lowest BCUT2D eigenvalue weighted by molar-refractivity contribution is -0.141. The maximum Gasteiger partial charge on any atom is 0.434 e. The number of alkyl halides is 3. The molecule has 4 rings (SSSR count). The van der Waals surface area contributed by atoms with E-state index in [9.17, 15) is 26.4 Å². The third kappa shape index (κ3) is 5.36. The number of hydrogen-bond acceptors (Lipinski definition) is 8. The Bertz CT molecular complexity index is 1360. The van der Waals surface area contributed by atoms with E-state index in [0.717, 1.165) is 23.0 Å². The minimum atomic E-state index is -4.56. The highest BCUT2D eigenvalue weighted by atomic mass is 32.2. The molecule has 8 nitrogen and oxygen atoms in total. The molecule has 3 heterocycles. The molecule has 0 unspecified atom stereocenters. The van der Waals surface area contributed by atoms with Crippen molar-refractivity contribution >= 4 is 38.0 Å². The average Bonchev–Trinajstić information content (AvgIpc) is 3.36. The number of thiazole rings is 1. The predicted molar refractivity (Wildman–Crippen MR) is 129 cm³/mol. The van der Waals surface area contributed by atoms with Crippen LogP contribution < -0.4 is 10.2 Å². The number of sulfone groups is 1. The number of benzene rings is 1. The highest BCUT2D eigenvalue weighted by Crippen LogP contribution is 2.44. The van der Waals surface area contributed by atoms with Crippen molar-refractivity contribution in [3.63, 3.8) is 0 Å². The molecule has 36 heavy (non-hydrogen) atoms. The van der Waals surface area contributed by atoms with E-state index in [-0.39, 0.29) is 34.9 Å². The zero-order valence-electron chi connectivity index (χ0n) is 19.7. The minimum Gasteiger partial charge on any atom is -0.341 e. The van der Waals surface area contributed by atoms with E-state index >= 15 is 0 Å². The van der Waals surface area contributed by atoms with E-state index in [1.807, 2.05) is 18.7 Å². The molecular formula is C23H24F3N5O3S2. The summed E-state index contributed by atoms with van der Waals surface area (Å²) in [4.78, 5) is 27.6. The van der Waals surface area contributed by atoms with Gasteiger partial charge in [0.05, 0.1) is 52.6 Å². The van der Waals surface area contributed by atoms with E-state index in [4.69, 9.17) is 0 Å². The maximum absolute atomic E-state index is 12.9. The fourth-order valence-electron chi connectivity index (χ4n) is 4.01. The van der Waals surface area contributed by atoms with E-state index in [0.29, 0.717) is 23.1 Å². The summed E-state index contributed by atoms with van der Waals surface area (Å²) >= 11 is 1.30. The zero-order valence-corrected chi connectivity index (χ0v) is 21.3. The van der Waals surface area contributed by atoms with Gasteiger partial charge in [-0.2, -0.15) is 13.2 Å². The van der Waals surface area contributed by atoms with Crippen LogP contribution in [-0.4, -0.2) is 35.0 Å². The lowest BCUT2D eigenvalue weighted by Crippen LogP contribution is -2.27. The first-order valence-corrected chi connectivity index (χ1v) is 13.6. The number of aromatic nitrogens is 3.